The molecule has 2 aliphatic heterocycles. The third-order valence-electron chi connectivity index (χ3n) is 4.42. The van der Waals surface area contributed by atoms with E-state index < -0.39 is 0 Å². The Labute approximate surface area is 151 Å². The number of amides is 2. The fourth-order valence-corrected chi connectivity index (χ4v) is 2.99. The molecule has 2 amide bonds. The van der Waals surface area contributed by atoms with Crippen molar-refractivity contribution < 1.29 is 9.59 Å². The SMILES string of the molecule is CN(C)CCN1CC(C(=O)NCCC2CCNC2)CC1=O.Cl.Cl. The Kier molecular flexibility index (Phi) is 10.8. The molecule has 8 heteroatoms. The highest BCUT2D eigenvalue weighted by molar-refractivity contribution is 5.89. The number of carbonyl (C=O) groups is 2. The van der Waals surface area contributed by atoms with Crippen molar-refractivity contribution in [1.29, 1.82) is 0 Å². The molecule has 0 spiro atoms. The first-order chi connectivity index (χ1) is 10.1. The Morgan fingerprint density at radius 3 is 2.74 bits per heavy atom. The summed E-state index contributed by atoms with van der Waals surface area (Å²) in [7, 11) is 3.98. The average molecular weight is 369 g/mol. The molecule has 0 aromatic rings. The maximum Gasteiger partial charge on any atom is 0.225 e. The number of likely N-dealkylation sites (N-methyl/N-ethyl adjacent to an activating group) is 1. The van der Waals surface area contributed by atoms with Gasteiger partial charge in [0.15, 0.2) is 0 Å². The summed E-state index contributed by atoms with van der Waals surface area (Å²) in [5.41, 5.74) is 0. The normalized spacial score (nSPS) is 23.6. The molecule has 0 saturated carbocycles. The van der Waals surface area contributed by atoms with Crippen LogP contribution in [0, 0.1) is 11.8 Å². The van der Waals surface area contributed by atoms with Crippen LogP contribution in [-0.2, 0) is 9.59 Å². The second-order valence-electron chi connectivity index (χ2n) is 6.48. The molecule has 6 nitrogen and oxygen atoms in total. The van der Waals surface area contributed by atoms with Crippen molar-refractivity contribution in [2.75, 3.05) is 53.4 Å². The lowest BCUT2D eigenvalue weighted by Crippen LogP contribution is -2.36. The van der Waals surface area contributed by atoms with E-state index in [2.05, 4.69) is 15.5 Å². The minimum atomic E-state index is -0.165. The highest BCUT2D eigenvalue weighted by atomic mass is 35.5. The third-order valence-corrected chi connectivity index (χ3v) is 4.42. The minimum Gasteiger partial charge on any atom is -0.356 e. The van der Waals surface area contributed by atoms with Crippen molar-refractivity contribution in [1.82, 2.24) is 20.4 Å². The molecule has 2 atom stereocenters. The number of likely N-dealkylation sites (tertiary alicyclic amines) is 1. The van der Waals surface area contributed by atoms with Crippen LogP contribution >= 0.6 is 24.8 Å². The summed E-state index contributed by atoms with van der Waals surface area (Å²) < 4.78 is 0. The fraction of sp³-hybridized carbons (Fsp3) is 0.867. The predicted octanol–water partition coefficient (Wildman–Crippen LogP) is 0.356. The lowest BCUT2D eigenvalue weighted by molar-refractivity contribution is -0.129. The van der Waals surface area contributed by atoms with E-state index in [1.54, 1.807) is 0 Å². The van der Waals surface area contributed by atoms with Crippen LogP contribution in [0.25, 0.3) is 0 Å². The van der Waals surface area contributed by atoms with Gasteiger partial charge in [-0.25, -0.2) is 0 Å². The molecule has 2 unspecified atom stereocenters. The van der Waals surface area contributed by atoms with E-state index in [1.165, 1.54) is 6.42 Å². The summed E-state index contributed by atoms with van der Waals surface area (Å²) in [4.78, 5) is 27.9. The second-order valence-corrected chi connectivity index (χ2v) is 6.48. The van der Waals surface area contributed by atoms with Gasteiger partial charge in [-0.1, -0.05) is 0 Å². The van der Waals surface area contributed by atoms with Crippen molar-refractivity contribution >= 4 is 36.6 Å². The molecule has 2 aliphatic rings. The summed E-state index contributed by atoms with van der Waals surface area (Å²) >= 11 is 0. The Hall–Kier alpha value is -0.560. The minimum absolute atomic E-state index is 0. The van der Waals surface area contributed by atoms with Crippen molar-refractivity contribution in [2.24, 2.45) is 11.8 Å². The second kappa shape index (κ2) is 11.1. The van der Waals surface area contributed by atoms with Crippen LogP contribution in [0.1, 0.15) is 19.3 Å². The zero-order valence-corrected chi connectivity index (χ0v) is 15.7. The van der Waals surface area contributed by atoms with Gasteiger partial charge in [-0.2, -0.15) is 0 Å². The Bertz CT molecular complexity index is 376. The number of hydrogen-bond donors (Lipinski definition) is 2. The van der Waals surface area contributed by atoms with Gasteiger partial charge >= 0.3 is 0 Å². The number of hydrogen-bond acceptors (Lipinski definition) is 4. The van der Waals surface area contributed by atoms with Gasteiger partial charge in [-0.15, -0.1) is 24.8 Å². The molecule has 0 aromatic heterocycles. The summed E-state index contributed by atoms with van der Waals surface area (Å²) in [6, 6.07) is 0. The monoisotopic (exact) mass is 368 g/mol. The Morgan fingerprint density at radius 1 is 1.39 bits per heavy atom. The Balaban J connectivity index is 0.00000242. The van der Waals surface area contributed by atoms with E-state index in [0.29, 0.717) is 25.4 Å². The first kappa shape index (κ1) is 22.4. The van der Waals surface area contributed by atoms with Gasteiger partial charge in [0, 0.05) is 32.6 Å². The Morgan fingerprint density at radius 2 is 2.13 bits per heavy atom. The summed E-state index contributed by atoms with van der Waals surface area (Å²) in [5.74, 6) is 0.673. The average Bonchev–Trinajstić information content (AvgIpc) is 3.06. The van der Waals surface area contributed by atoms with E-state index in [0.717, 1.165) is 32.6 Å². The first-order valence-corrected chi connectivity index (χ1v) is 7.97. The number of halogens is 2. The lowest BCUT2D eigenvalue weighted by atomic mass is 10.0. The lowest BCUT2D eigenvalue weighted by Gasteiger charge is -2.19. The maximum atomic E-state index is 12.1. The van der Waals surface area contributed by atoms with E-state index in [4.69, 9.17) is 0 Å². The van der Waals surface area contributed by atoms with Crippen LogP contribution in [0.2, 0.25) is 0 Å². The van der Waals surface area contributed by atoms with Crippen molar-refractivity contribution in [3.8, 4) is 0 Å². The zero-order valence-electron chi connectivity index (χ0n) is 14.0. The van der Waals surface area contributed by atoms with Crippen LogP contribution in [-0.4, -0.2) is 75.0 Å². The highest BCUT2D eigenvalue weighted by Gasteiger charge is 2.33. The standard InChI is InChI=1S/C15H28N4O2.2ClH/c1-18(2)7-8-19-11-13(9-14(19)20)15(21)17-6-4-12-3-5-16-10-12;;/h12-13,16H,3-11H2,1-2H3,(H,17,21);2*1H. The van der Waals surface area contributed by atoms with Gasteiger partial charge in [0.2, 0.25) is 11.8 Å². The van der Waals surface area contributed by atoms with Gasteiger partial charge in [0.1, 0.15) is 0 Å². The van der Waals surface area contributed by atoms with Crippen LogP contribution < -0.4 is 10.6 Å². The van der Waals surface area contributed by atoms with Gasteiger partial charge in [0.25, 0.3) is 0 Å². The molecule has 2 N–H and O–H groups in total. The molecule has 2 fully saturated rings. The quantitative estimate of drug-likeness (QED) is 0.680. The van der Waals surface area contributed by atoms with Crippen molar-refractivity contribution in [2.45, 2.75) is 19.3 Å². The zero-order chi connectivity index (χ0) is 15.2. The molecular formula is C15H30Cl2N4O2. The van der Waals surface area contributed by atoms with Crippen molar-refractivity contribution in [3.05, 3.63) is 0 Å². The number of nitrogens with zero attached hydrogens (tertiary/aromatic N) is 2. The molecule has 136 valence electrons. The number of carbonyl (C=O) groups excluding carboxylic acids is 2. The first-order valence-electron chi connectivity index (χ1n) is 7.97. The number of nitrogens with one attached hydrogen (secondary N) is 2. The van der Waals surface area contributed by atoms with Gasteiger partial charge in [0.05, 0.1) is 5.92 Å². The molecule has 0 aliphatic carbocycles. The van der Waals surface area contributed by atoms with Crippen LogP contribution in [0.3, 0.4) is 0 Å². The van der Waals surface area contributed by atoms with Crippen LogP contribution in [0.4, 0.5) is 0 Å². The van der Waals surface area contributed by atoms with E-state index in [1.807, 2.05) is 19.0 Å². The summed E-state index contributed by atoms with van der Waals surface area (Å²) in [6.45, 7) is 5.02. The number of rotatable bonds is 7. The molecule has 23 heavy (non-hydrogen) atoms. The van der Waals surface area contributed by atoms with E-state index >= 15 is 0 Å². The largest absolute Gasteiger partial charge is 0.356 e. The fourth-order valence-electron chi connectivity index (χ4n) is 2.99. The summed E-state index contributed by atoms with van der Waals surface area (Å²) in [5, 5.41) is 6.33. The van der Waals surface area contributed by atoms with E-state index in [-0.39, 0.29) is 42.5 Å². The van der Waals surface area contributed by atoms with Gasteiger partial charge < -0.3 is 20.4 Å². The van der Waals surface area contributed by atoms with Crippen molar-refractivity contribution in [3.63, 3.8) is 0 Å². The topological polar surface area (TPSA) is 64.7 Å². The summed E-state index contributed by atoms with van der Waals surface area (Å²) in [6.07, 6.45) is 2.60. The van der Waals surface area contributed by atoms with Gasteiger partial charge in [-0.3, -0.25) is 9.59 Å². The smallest absolute Gasteiger partial charge is 0.225 e. The third kappa shape index (κ3) is 7.25. The van der Waals surface area contributed by atoms with Crippen LogP contribution in [0.15, 0.2) is 0 Å². The molecule has 0 radical (unpaired) electrons. The molecule has 2 rings (SSSR count). The maximum absolute atomic E-state index is 12.1. The van der Waals surface area contributed by atoms with Crippen LogP contribution in [0.5, 0.6) is 0 Å². The predicted molar refractivity (Wildman–Crippen MR) is 96.3 cm³/mol. The molecule has 0 aromatic carbocycles. The molecule has 0 bridgehead atoms. The molecular weight excluding hydrogens is 339 g/mol. The highest BCUT2D eigenvalue weighted by Crippen LogP contribution is 2.18. The van der Waals surface area contributed by atoms with Gasteiger partial charge in [-0.05, 0) is 45.9 Å². The van der Waals surface area contributed by atoms with E-state index in [9.17, 15) is 9.59 Å². The molecule has 2 saturated heterocycles. The molecule has 2 heterocycles.